The Morgan fingerprint density at radius 3 is 2.56 bits per heavy atom. The molecular formula is C23H23F3N2O4. The summed E-state index contributed by atoms with van der Waals surface area (Å²) in [5, 5.41) is 8.72. The zero-order chi connectivity index (χ0) is 23.1. The number of hydrogen-bond acceptors (Lipinski definition) is 6. The van der Waals surface area contributed by atoms with Gasteiger partial charge in [-0.1, -0.05) is 18.2 Å². The van der Waals surface area contributed by atoms with E-state index in [-0.39, 0.29) is 12.4 Å². The van der Waals surface area contributed by atoms with E-state index in [0.717, 1.165) is 11.1 Å². The van der Waals surface area contributed by atoms with Crippen molar-refractivity contribution in [3.05, 3.63) is 71.6 Å². The van der Waals surface area contributed by atoms with Crippen molar-refractivity contribution in [2.24, 2.45) is 0 Å². The number of nitrogens with one attached hydrogen (secondary N) is 1. The summed E-state index contributed by atoms with van der Waals surface area (Å²) in [6.07, 6.45) is -2.54. The minimum Gasteiger partial charge on any atom is -0.487 e. The Labute approximate surface area is 183 Å². The molecule has 3 rings (SSSR count). The van der Waals surface area contributed by atoms with Crippen LogP contribution in [0, 0.1) is 6.92 Å². The first-order valence-corrected chi connectivity index (χ1v) is 9.78. The first-order valence-electron chi connectivity index (χ1n) is 9.78. The minimum atomic E-state index is -4.39. The van der Waals surface area contributed by atoms with Crippen LogP contribution in [0.15, 0.2) is 59.0 Å². The molecule has 3 aromatic rings. The maximum atomic E-state index is 12.3. The smallest absolute Gasteiger partial charge is 0.422 e. The van der Waals surface area contributed by atoms with Crippen LogP contribution in [0.1, 0.15) is 23.9 Å². The van der Waals surface area contributed by atoms with Gasteiger partial charge in [0.25, 0.3) is 0 Å². The predicted octanol–water partition coefficient (Wildman–Crippen LogP) is 5.55. The average Bonchev–Trinajstić information content (AvgIpc) is 3.15. The molecule has 0 unspecified atom stereocenters. The lowest BCUT2D eigenvalue weighted by Crippen LogP contribution is -2.19. The van der Waals surface area contributed by atoms with Crippen LogP contribution in [0.25, 0.3) is 17.0 Å². The normalized spacial score (nSPS) is 12.1. The van der Waals surface area contributed by atoms with Crippen molar-refractivity contribution in [2.45, 2.75) is 26.6 Å². The summed E-state index contributed by atoms with van der Waals surface area (Å²) in [4.78, 5) is 4.45. The Balaban J connectivity index is 1.65. The topological polar surface area (TPSA) is 76.8 Å². The van der Waals surface area contributed by atoms with E-state index in [4.69, 9.17) is 19.1 Å². The summed E-state index contributed by atoms with van der Waals surface area (Å²) in [6.45, 7) is 2.88. The molecule has 0 aliphatic rings. The van der Waals surface area contributed by atoms with E-state index >= 15 is 0 Å². The number of aromatic nitrogens is 1. The molecule has 32 heavy (non-hydrogen) atoms. The highest BCUT2D eigenvalue weighted by atomic mass is 19.4. The van der Waals surface area contributed by atoms with Gasteiger partial charge < -0.3 is 19.1 Å². The van der Waals surface area contributed by atoms with Gasteiger partial charge in [-0.2, -0.15) is 13.2 Å². The second kappa shape index (κ2) is 10.3. The molecule has 1 aromatic heterocycles. The zero-order valence-electron chi connectivity index (χ0n) is 17.6. The maximum absolute atomic E-state index is 12.3. The van der Waals surface area contributed by atoms with E-state index in [9.17, 15) is 13.2 Å². The minimum absolute atomic E-state index is 0.108. The molecule has 0 aliphatic carbocycles. The molecule has 0 aliphatic heterocycles. The molecule has 0 radical (unpaired) electrons. The highest BCUT2D eigenvalue weighted by Gasteiger charge is 2.28. The number of allylic oxidation sites excluding steroid dienone is 1. The molecule has 0 amide bonds. The van der Waals surface area contributed by atoms with Crippen LogP contribution in [0.3, 0.4) is 0 Å². The van der Waals surface area contributed by atoms with Gasteiger partial charge in [0.2, 0.25) is 5.89 Å². The van der Waals surface area contributed by atoms with Crippen LogP contribution in [0.2, 0.25) is 0 Å². The monoisotopic (exact) mass is 448 g/mol. The number of hydrogen-bond donors (Lipinski definition) is 2. The van der Waals surface area contributed by atoms with Gasteiger partial charge >= 0.3 is 6.18 Å². The molecule has 170 valence electrons. The summed E-state index contributed by atoms with van der Waals surface area (Å²) in [7, 11) is 0. The van der Waals surface area contributed by atoms with Crippen molar-refractivity contribution < 1.29 is 32.3 Å². The Hall–Kier alpha value is -3.30. The number of aryl methyl sites for hydroxylation is 1. The molecule has 9 heteroatoms. The SMILES string of the molecule is C/C(=C\CNO)c1cccc(OCc2nc(-c3ccc(OCC(F)(F)F)cc3)oc2C)c1. The van der Waals surface area contributed by atoms with E-state index in [1.165, 1.54) is 12.1 Å². The van der Waals surface area contributed by atoms with Gasteiger partial charge in [-0.15, -0.1) is 0 Å². The van der Waals surface area contributed by atoms with Crippen molar-refractivity contribution in [3.8, 4) is 23.0 Å². The molecule has 0 atom stereocenters. The first-order chi connectivity index (χ1) is 15.2. The van der Waals surface area contributed by atoms with Crippen LogP contribution in [-0.2, 0) is 6.61 Å². The number of halogens is 3. The van der Waals surface area contributed by atoms with Gasteiger partial charge in [0.15, 0.2) is 6.61 Å². The summed E-state index contributed by atoms with van der Waals surface area (Å²) in [5.74, 6) is 1.69. The maximum Gasteiger partial charge on any atom is 0.422 e. The Bertz CT molecular complexity index is 1060. The van der Waals surface area contributed by atoms with Crippen LogP contribution >= 0.6 is 0 Å². The third kappa shape index (κ3) is 6.60. The van der Waals surface area contributed by atoms with E-state index < -0.39 is 12.8 Å². The van der Waals surface area contributed by atoms with E-state index in [1.807, 2.05) is 37.3 Å². The van der Waals surface area contributed by atoms with Crippen molar-refractivity contribution in [2.75, 3.05) is 13.2 Å². The fourth-order valence-corrected chi connectivity index (χ4v) is 2.84. The zero-order valence-corrected chi connectivity index (χ0v) is 17.6. The molecule has 0 saturated carbocycles. The fraction of sp³-hybridized carbons (Fsp3) is 0.261. The average molecular weight is 448 g/mol. The van der Waals surface area contributed by atoms with Crippen LogP contribution < -0.4 is 15.0 Å². The van der Waals surface area contributed by atoms with Crippen LogP contribution in [0.4, 0.5) is 13.2 Å². The number of rotatable bonds is 9. The molecule has 0 spiro atoms. The van der Waals surface area contributed by atoms with E-state index in [1.54, 1.807) is 19.1 Å². The van der Waals surface area contributed by atoms with E-state index in [0.29, 0.717) is 35.2 Å². The third-order valence-electron chi connectivity index (χ3n) is 4.56. The van der Waals surface area contributed by atoms with Crippen molar-refractivity contribution in [1.82, 2.24) is 10.5 Å². The largest absolute Gasteiger partial charge is 0.487 e. The third-order valence-corrected chi connectivity index (χ3v) is 4.56. The quantitative estimate of drug-likeness (QED) is 0.418. The Morgan fingerprint density at radius 2 is 1.88 bits per heavy atom. The molecule has 0 bridgehead atoms. The number of oxazole rings is 1. The molecule has 0 fully saturated rings. The fourth-order valence-electron chi connectivity index (χ4n) is 2.84. The first kappa shape index (κ1) is 23.4. The van der Waals surface area contributed by atoms with Gasteiger partial charge in [-0.05, 0) is 61.4 Å². The molecule has 1 heterocycles. The standard InChI is InChI=1S/C23H23F3N2O4/c1-15(10-11-27-29)18-4-3-5-20(12-18)30-13-21-16(2)32-22(28-21)17-6-8-19(9-7-17)31-14-23(24,25)26/h3-10,12,27,29H,11,13-14H2,1-2H3/b15-10+. The van der Waals surface area contributed by atoms with Crippen LogP contribution in [-0.4, -0.2) is 29.5 Å². The molecule has 0 saturated heterocycles. The van der Waals surface area contributed by atoms with E-state index in [2.05, 4.69) is 10.5 Å². The number of alkyl halides is 3. The molecule has 2 aromatic carbocycles. The number of ether oxygens (including phenoxy) is 2. The summed E-state index contributed by atoms with van der Waals surface area (Å²) >= 11 is 0. The summed E-state index contributed by atoms with van der Waals surface area (Å²) in [5.41, 5.74) is 5.26. The summed E-state index contributed by atoms with van der Waals surface area (Å²) in [6, 6.07) is 13.6. The Morgan fingerprint density at radius 1 is 1.12 bits per heavy atom. The molecular weight excluding hydrogens is 425 g/mol. The van der Waals surface area contributed by atoms with Gasteiger partial charge in [-0.25, -0.2) is 10.5 Å². The van der Waals surface area contributed by atoms with Gasteiger partial charge in [0.1, 0.15) is 29.6 Å². The number of nitrogens with zero attached hydrogens (tertiary/aromatic N) is 1. The molecule has 6 nitrogen and oxygen atoms in total. The highest BCUT2D eigenvalue weighted by Crippen LogP contribution is 2.26. The Kier molecular flexibility index (Phi) is 7.55. The van der Waals surface area contributed by atoms with Crippen molar-refractivity contribution in [1.29, 1.82) is 0 Å². The lowest BCUT2D eigenvalue weighted by molar-refractivity contribution is -0.153. The van der Waals surface area contributed by atoms with Gasteiger partial charge in [0.05, 0.1) is 0 Å². The highest BCUT2D eigenvalue weighted by molar-refractivity contribution is 5.65. The number of benzene rings is 2. The number of hydroxylamine groups is 1. The lowest BCUT2D eigenvalue weighted by Gasteiger charge is -2.09. The van der Waals surface area contributed by atoms with Crippen molar-refractivity contribution in [3.63, 3.8) is 0 Å². The second-order valence-corrected chi connectivity index (χ2v) is 7.02. The predicted molar refractivity (Wildman–Crippen MR) is 112 cm³/mol. The summed E-state index contributed by atoms with van der Waals surface area (Å²) < 4.78 is 53.1. The van der Waals surface area contributed by atoms with Crippen molar-refractivity contribution >= 4 is 5.57 Å². The second-order valence-electron chi connectivity index (χ2n) is 7.02. The molecule has 2 N–H and O–H groups in total. The van der Waals surface area contributed by atoms with Crippen LogP contribution in [0.5, 0.6) is 11.5 Å². The van der Waals surface area contributed by atoms with Gasteiger partial charge in [0, 0.05) is 12.1 Å². The van der Waals surface area contributed by atoms with Gasteiger partial charge in [-0.3, -0.25) is 0 Å². The lowest BCUT2D eigenvalue weighted by atomic mass is 10.1.